The number of nitrogens with one attached hydrogen (secondary N) is 2. The third-order valence-corrected chi connectivity index (χ3v) is 3.05. The number of amides is 1. The number of anilines is 2. The number of sulfonamides is 1. The van der Waals surface area contributed by atoms with Crippen LogP contribution in [-0.4, -0.2) is 25.5 Å². The second kappa shape index (κ2) is 5.85. The Morgan fingerprint density at radius 1 is 1.14 bits per heavy atom. The van der Waals surface area contributed by atoms with Gasteiger partial charge in [0.15, 0.2) is 5.76 Å². The summed E-state index contributed by atoms with van der Waals surface area (Å²) < 4.78 is 29.2. The van der Waals surface area contributed by atoms with Crippen molar-refractivity contribution in [2.75, 3.05) is 16.3 Å². The van der Waals surface area contributed by atoms with E-state index < -0.39 is 26.7 Å². The number of furan rings is 1. The number of nitrogens with zero attached hydrogens (tertiary/aromatic N) is 1. The van der Waals surface area contributed by atoms with E-state index in [0.717, 1.165) is 12.3 Å². The van der Waals surface area contributed by atoms with E-state index in [1.54, 1.807) is 0 Å². The van der Waals surface area contributed by atoms with Crippen LogP contribution in [0, 0.1) is 10.1 Å². The van der Waals surface area contributed by atoms with E-state index in [1.807, 2.05) is 0 Å². The first-order chi connectivity index (χ1) is 10.2. The van der Waals surface area contributed by atoms with Crippen molar-refractivity contribution in [1.82, 2.24) is 0 Å². The quantitative estimate of drug-likeness (QED) is 0.636. The smallest absolute Gasteiger partial charge is 0.395 e. The normalized spacial score (nSPS) is 11.0. The molecule has 0 fully saturated rings. The molecule has 22 heavy (non-hydrogen) atoms. The maximum atomic E-state index is 11.8. The first kappa shape index (κ1) is 15.5. The van der Waals surface area contributed by atoms with Crippen LogP contribution in [0.25, 0.3) is 0 Å². The molecule has 2 rings (SSSR count). The van der Waals surface area contributed by atoms with Crippen molar-refractivity contribution >= 4 is 33.2 Å². The summed E-state index contributed by atoms with van der Waals surface area (Å²) in [5, 5.41) is 12.9. The van der Waals surface area contributed by atoms with Gasteiger partial charge in [-0.3, -0.25) is 19.6 Å². The molecule has 9 nitrogen and oxygen atoms in total. The van der Waals surface area contributed by atoms with Crippen LogP contribution in [0.3, 0.4) is 0 Å². The predicted octanol–water partition coefficient (Wildman–Crippen LogP) is 1.81. The molecule has 0 aliphatic carbocycles. The summed E-state index contributed by atoms with van der Waals surface area (Å²) in [7, 11) is -3.38. The van der Waals surface area contributed by atoms with Crippen molar-refractivity contribution < 1.29 is 22.6 Å². The fourth-order valence-corrected chi connectivity index (χ4v) is 2.14. The summed E-state index contributed by atoms with van der Waals surface area (Å²) in [6.45, 7) is 0. The van der Waals surface area contributed by atoms with Crippen molar-refractivity contribution in [1.29, 1.82) is 0 Å². The molecule has 0 saturated heterocycles. The summed E-state index contributed by atoms with van der Waals surface area (Å²) in [6, 6.07) is 8.13. The molecule has 0 aliphatic rings. The number of carbonyl (C=O) groups excluding carboxylic acids is 1. The van der Waals surface area contributed by atoms with Crippen LogP contribution < -0.4 is 10.0 Å². The standard InChI is InChI=1S/C12H11N3O6S/c1-22(19,20)14-9-4-2-8(3-5-9)13-12(16)10-6-7-11(21-10)15(17)18/h2-7,14H,1H3,(H,13,16). The molecule has 1 amide bonds. The van der Waals surface area contributed by atoms with Crippen LogP contribution in [0.2, 0.25) is 0 Å². The Morgan fingerprint density at radius 2 is 1.73 bits per heavy atom. The Hall–Kier alpha value is -2.88. The lowest BCUT2D eigenvalue weighted by atomic mass is 10.3. The van der Waals surface area contributed by atoms with E-state index in [0.29, 0.717) is 11.4 Å². The maximum Gasteiger partial charge on any atom is 0.433 e. The number of carbonyl (C=O) groups is 1. The minimum absolute atomic E-state index is 0.204. The second-order valence-electron chi connectivity index (χ2n) is 4.30. The van der Waals surface area contributed by atoms with Crippen molar-refractivity contribution in [3.8, 4) is 0 Å². The molecule has 0 radical (unpaired) electrons. The average molecular weight is 325 g/mol. The highest BCUT2D eigenvalue weighted by Gasteiger charge is 2.17. The zero-order chi connectivity index (χ0) is 16.3. The Bertz CT molecular complexity index is 810. The van der Waals surface area contributed by atoms with Gasteiger partial charge in [0.2, 0.25) is 10.0 Å². The summed E-state index contributed by atoms with van der Waals surface area (Å²) >= 11 is 0. The SMILES string of the molecule is CS(=O)(=O)Nc1ccc(NC(=O)c2ccc([N+](=O)[O-])o2)cc1. The van der Waals surface area contributed by atoms with Gasteiger partial charge in [-0.05, 0) is 30.3 Å². The molecule has 2 N–H and O–H groups in total. The molecule has 0 saturated carbocycles. The summed E-state index contributed by atoms with van der Waals surface area (Å²) in [5.74, 6) is -1.39. The molecule has 0 bridgehead atoms. The molecule has 1 aromatic heterocycles. The number of rotatable bonds is 5. The van der Waals surface area contributed by atoms with E-state index in [1.165, 1.54) is 30.3 Å². The zero-order valence-corrected chi connectivity index (χ0v) is 12.1. The minimum Gasteiger partial charge on any atom is -0.395 e. The lowest BCUT2D eigenvalue weighted by Gasteiger charge is -2.06. The van der Waals surface area contributed by atoms with Gasteiger partial charge in [0.05, 0.1) is 12.3 Å². The lowest BCUT2D eigenvalue weighted by molar-refractivity contribution is -0.402. The number of hydrogen-bond donors (Lipinski definition) is 2. The van der Waals surface area contributed by atoms with Crippen molar-refractivity contribution in [3.63, 3.8) is 0 Å². The molecule has 116 valence electrons. The van der Waals surface area contributed by atoms with Crippen LogP contribution >= 0.6 is 0 Å². The molecular formula is C12H11N3O6S. The van der Waals surface area contributed by atoms with Gasteiger partial charge >= 0.3 is 5.88 Å². The number of benzene rings is 1. The molecule has 2 aromatic rings. The van der Waals surface area contributed by atoms with Crippen LogP contribution in [0.15, 0.2) is 40.8 Å². The van der Waals surface area contributed by atoms with E-state index >= 15 is 0 Å². The van der Waals surface area contributed by atoms with Gasteiger partial charge in [-0.1, -0.05) is 0 Å². The predicted molar refractivity (Wildman–Crippen MR) is 78.2 cm³/mol. The number of hydrogen-bond acceptors (Lipinski definition) is 6. The first-order valence-electron chi connectivity index (χ1n) is 5.88. The van der Waals surface area contributed by atoms with Crippen LogP contribution in [-0.2, 0) is 10.0 Å². The van der Waals surface area contributed by atoms with Crippen LogP contribution in [0.4, 0.5) is 17.3 Å². The van der Waals surface area contributed by atoms with Gasteiger partial charge in [-0.15, -0.1) is 0 Å². The topological polar surface area (TPSA) is 132 Å². The largest absolute Gasteiger partial charge is 0.433 e. The minimum atomic E-state index is -3.38. The van der Waals surface area contributed by atoms with Gasteiger partial charge in [-0.2, -0.15) is 0 Å². The first-order valence-corrected chi connectivity index (χ1v) is 7.77. The molecule has 0 spiro atoms. The van der Waals surface area contributed by atoms with Crippen LogP contribution in [0.5, 0.6) is 0 Å². The third kappa shape index (κ3) is 4.06. The van der Waals surface area contributed by atoms with E-state index in [-0.39, 0.29) is 5.76 Å². The number of nitro groups is 1. The molecule has 1 aromatic carbocycles. The molecule has 1 heterocycles. The highest BCUT2D eigenvalue weighted by atomic mass is 32.2. The molecule has 10 heteroatoms. The van der Waals surface area contributed by atoms with Crippen molar-refractivity contribution in [2.24, 2.45) is 0 Å². The fourth-order valence-electron chi connectivity index (χ4n) is 1.58. The molecule has 0 atom stereocenters. The van der Waals surface area contributed by atoms with Gasteiger partial charge in [-0.25, -0.2) is 8.42 Å². The Morgan fingerprint density at radius 3 is 2.23 bits per heavy atom. The van der Waals surface area contributed by atoms with E-state index in [2.05, 4.69) is 10.0 Å². The Labute approximate surface area is 125 Å². The molecule has 0 aliphatic heterocycles. The monoisotopic (exact) mass is 325 g/mol. The fraction of sp³-hybridized carbons (Fsp3) is 0.0833. The van der Waals surface area contributed by atoms with E-state index in [4.69, 9.17) is 4.42 Å². The van der Waals surface area contributed by atoms with Gasteiger partial charge in [0.25, 0.3) is 5.91 Å². The lowest BCUT2D eigenvalue weighted by Crippen LogP contribution is -2.11. The molecule has 0 unspecified atom stereocenters. The van der Waals surface area contributed by atoms with Crippen molar-refractivity contribution in [3.05, 3.63) is 52.3 Å². The van der Waals surface area contributed by atoms with E-state index in [9.17, 15) is 23.3 Å². The van der Waals surface area contributed by atoms with Gasteiger partial charge < -0.3 is 9.73 Å². The third-order valence-electron chi connectivity index (χ3n) is 2.44. The van der Waals surface area contributed by atoms with Gasteiger partial charge in [0, 0.05) is 11.4 Å². The van der Waals surface area contributed by atoms with Crippen LogP contribution in [0.1, 0.15) is 10.6 Å². The summed E-state index contributed by atoms with van der Waals surface area (Å²) in [6.07, 6.45) is 1.02. The molecular weight excluding hydrogens is 314 g/mol. The highest BCUT2D eigenvalue weighted by Crippen LogP contribution is 2.18. The van der Waals surface area contributed by atoms with Crippen molar-refractivity contribution in [2.45, 2.75) is 0 Å². The average Bonchev–Trinajstić information content (AvgIpc) is 2.89. The zero-order valence-electron chi connectivity index (χ0n) is 11.3. The second-order valence-corrected chi connectivity index (χ2v) is 6.05. The highest BCUT2D eigenvalue weighted by molar-refractivity contribution is 7.92. The Kier molecular flexibility index (Phi) is 4.13. The van der Waals surface area contributed by atoms with Gasteiger partial charge in [0.1, 0.15) is 4.92 Å². The Balaban J connectivity index is 2.06. The summed E-state index contributed by atoms with van der Waals surface area (Å²) in [4.78, 5) is 21.5. The summed E-state index contributed by atoms with van der Waals surface area (Å²) in [5.41, 5.74) is 0.720. The maximum absolute atomic E-state index is 11.8.